The lowest BCUT2D eigenvalue weighted by molar-refractivity contribution is -0.123. The number of amides is 1. The van der Waals surface area contributed by atoms with Crippen LogP contribution in [-0.4, -0.2) is 22.1 Å². The van der Waals surface area contributed by atoms with Gasteiger partial charge in [0.15, 0.2) is 5.82 Å². The molecular formula is C13H23ClN4O2. The van der Waals surface area contributed by atoms with Gasteiger partial charge in [-0.3, -0.25) is 4.79 Å². The summed E-state index contributed by atoms with van der Waals surface area (Å²) >= 11 is 0. The lowest BCUT2D eigenvalue weighted by Gasteiger charge is -2.24. The predicted octanol–water partition coefficient (Wildman–Crippen LogP) is 1.67. The quantitative estimate of drug-likeness (QED) is 0.882. The highest BCUT2D eigenvalue weighted by molar-refractivity contribution is 5.85. The second kappa shape index (κ2) is 6.54. The maximum Gasteiger partial charge on any atom is 0.223 e. The summed E-state index contributed by atoms with van der Waals surface area (Å²) in [6, 6.07) is 0.154. The zero-order valence-corrected chi connectivity index (χ0v) is 13.0. The number of aromatic nitrogens is 2. The van der Waals surface area contributed by atoms with Gasteiger partial charge in [-0.15, -0.1) is 12.4 Å². The minimum atomic E-state index is -0.627. The normalized spacial score (nSPS) is 22.4. The Morgan fingerprint density at radius 3 is 2.70 bits per heavy atom. The van der Waals surface area contributed by atoms with E-state index in [2.05, 4.69) is 15.5 Å². The third kappa shape index (κ3) is 3.93. The third-order valence-corrected chi connectivity index (χ3v) is 3.70. The van der Waals surface area contributed by atoms with Crippen LogP contribution in [0.2, 0.25) is 0 Å². The van der Waals surface area contributed by atoms with Crippen LogP contribution in [0.1, 0.15) is 51.2 Å². The number of rotatable bonds is 4. The fourth-order valence-electron chi connectivity index (χ4n) is 2.57. The van der Waals surface area contributed by atoms with Gasteiger partial charge < -0.3 is 15.6 Å². The molecule has 0 radical (unpaired) electrons. The van der Waals surface area contributed by atoms with Crippen molar-refractivity contribution < 1.29 is 9.32 Å². The zero-order valence-electron chi connectivity index (χ0n) is 12.2. The first-order valence-electron chi connectivity index (χ1n) is 6.76. The van der Waals surface area contributed by atoms with E-state index in [1.807, 2.05) is 13.8 Å². The van der Waals surface area contributed by atoms with Gasteiger partial charge in [0.05, 0.1) is 5.54 Å². The summed E-state index contributed by atoms with van der Waals surface area (Å²) in [5.41, 5.74) is 5.36. The van der Waals surface area contributed by atoms with Crippen LogP contribution < -0.4 is 11.1 Å². The first-order valence-corrected chi connectivity index (χ1v) is 6.76. The zero-order chi connectivity index (χ0) is 14.0. The molecule has 7 heteroatoms. The molecule has 20 heavy (non-hydrogen) atoms. The number of carbonyl (C=O) groups is 1. The Kier molecular flexibility index (Phi) is 5.53. The molecule has 0 aromatic carbocycles. The number of halogens is 1. The van der Waals surface area contributed by atoms with E-state index < -0.39 is 5.54 Å². The molecule has 0 spiro atoms. The molecule has 1 saturated carbocycles. The molecule has 1 fully saturated rings. The highest BCUT2D eigenvalue weighted by Gasteiger charge is 2.31. The van der Waals surface area contributed by atoms with E-state index >= 15 is 0 Å². The van der Waals surface area contributed by atoms with Crippen LogP contribution in [-0.2, 0) is 10.3 Å². The molecule has 1 aromatic heterocycles. The minimum absolute atomic E-state index is 0. The van der Waals surface area contributed by atoms with E-state index in [1.165, 1.54) is 0 Å². The summed E-state index contributed by atoms with van der Waals surface area (Å²) in [4.78, 5) is 16.3. The molecule has 0 unspecified atom stereocenters. The average Bonchev–Trinajstić information content (AvgIpc) is 2.88. The number of hydrogen-bond donors (Lipinski definition) is 2. The first kappa shape index (κ1) is 16.9. The molecule has 1 aromatic rings. The SMILES string of the molecule is Cc1nc(C(C)(C)NC(=O)C[C@@H]2CCC[C@H]2N)no1.Cl. The van der Waals surface area contributed by atoms with E-state index in [0.717, 1.165) is 19.3 Å². The van der Waals surface area contributed by atoms with Gasteiger partial charge in [0, 0.05) is 19.4 Å². The number of nitrogens with two attached hydrogens (primary N) is 1. The highest BCUT2D eigenvalue weighted by atomic mass is 35.5. The Morgan fingerprint density at radius 1 is 1.50 bits per heavy atom. The molecule has 0 aliphatic heterocycles. The summed E-state index contributed by atoms with van der Waals surface area (Å²) in [5, 5.41) is 6.82. The molecule has 1 amide bonds. The lowest BCUT2D eigenvalue weighted by Crippen LogP contribution is -2.43. The number of aryl methyl sites for hydroxylation is 1. The second-order valence-corrected chi connectivity index (χ2v) is 5.87. The maximum absolute atomic E-state index is 12.1. The molecule has 0 bridgehead atoms. The van der Waals surface area contributed by atoms with E-state index in [4.69, 9.17) is 10.3 Å². The third-order valence-electron chi connectivity index (χ3n) is 3.70. The lowest BCUT2D eigenvalue weighted by atomic mass is 9.98. The molecule has 1 aliphatic carbocycles. The summed E-state index contributed by atoms with van der Waals surface area (Å²) in [5.74, 6) is 1.28. The summed E-state index contributed by atoms with van der Waals surface area (Å²) < 4.78 is 4.95. The number of nitrogens with one attached hydrogen (secondary N) is 1. The van der Waals surface area contributed by atoms with Crippen LogP contribution in [0, 0.1) is 12.8 Å². The van der Waals surface area contributed by atoms with Crippen molar-refractivity contribution in [3.05, 3.63) is 11.7 Å². The van der Waals surface area contributed by atoms with Gasteiger partial charge in [-0.1, -0.05) is 11.6 Å². The van der Waals surface area contributed by atoms with Gasteiger partial charge in [0.25, 0.3) is 0 Å². The van der Waals surface area contributed by atoms with Crippen molar-refractivity contribution in [2.24, 2.45) is 11.7 Å². The van der Waals surface area contributed by atoms with E-state index in [-0.39, 0.29) is 24.4 Å². The van der Waals surface area contributed by atoms with Gasteiger partial charge in [-0.05, 0) is 32.6 Å². The summed E-state index contributed by atoms with van der Waals surface area (Å²) in [6.07, 6.45) is 3.65. The van der Waals surface area contributed by atoms with Crippen LogP contribution in [0.3, 0.4) is 0 Å². The summed E-state index contributed by atoms with van der Waals surface area (Å²) in [6.45, 7) is 5.46. The standard InChI is InChI=1S/C13H22N4O2.ClH/c1-8-15-12(17-19-8)13(2,3)16-11(18)7-9-5-4-6-10(9)14;/h9-10H,4-7,14H2,1-3H3,(H,16,18);1H/t9-,10+;/m0./s1. The predicted molar refractivity (Wildman–Crippen MR) is 77.4 cm³/mol. The van der Waals surface area contributed by atoms with E-state index in [1.54, 1.807) is 6.92 Å². The van der Waals surface area contributed by atoms with Crippen molar-refractivity contribution in [2.75, 3.05) is 0 Å². The molecule has 2 rings (SSSR count). The van der Waals surface area contributed by atoms with Crippen molar-refractivity contribution >= 4 is 18.3 Å². The van der Waals surface area contributed by atoms with Crippen LogP contribution in [0.4, 0.5) is 0 Å². The Morgan fingerprint density at radius 2 is 2.20 bits per heavy atom. The molecule has 1 heterocycles. The topological polar surface area (TPSA) is 94.0 Å². The number of carbonyl (C=O) groups excluding carboxylic acids is 1. The average molecular weight is 303 g/mol. The monoisotopic (exact) mass is 302 g/mol. The second-order valence-electron chi connectivity index (χ2n) is 5.87. The smallest absolute Gasteiger partial charge is 0.223 e. The fraction of sp³-hybridized carbons (Fsp3) is 0.769. The molecule has 2 atom stereocenters. The highest BCUT2D eigenvalue weighted by Crippen LogP contribution is 2.27. The van der Waals surface area contributed by atoms with Crippen molar-refractivity contribution in [3.8, 4) is 0 Å². The van der Waals surface area contributed by atoms with Crippen molar-refractivity contribution in [2.45, 2.75) is 58.0 Å². The van der Waals surface area contributed by atoms with Crippen LogP contribution >= 0.6 is 12.4 Å². The Labute approximate surface area is 125 Å². The molecule has 1 aliphatic rings. The first-order chi connectivity index (χ1) is 8.88. The van der Waals surface area contributed by atoms with Crippen molar-refractivity contribution in [1.82, 2.24) is 15.5 Å². The molecular weight excluding hydrogens is 280 g/mol. The van der Waals surface area contributed by atoms with Crippen LogP contribution in [0.25, 0.3) is 0 Å². The maximum atomic E-state index is 12.1. The Hall–Kier alpha value is -1.14. The van der Waals surface area contributed by atoms with Gasteiger partial charge >= 0.3 is 0 Å². The number of hydrogen-bond acceptors (Lipinski definition) is 5. The number of nitrogens with zero attached hydrogens (tertiary/aromatic N) is 2. The van der Waals surface area contributed by atoms with Crippen molar-refractivity contribution in [1.29, 1.82) is 0 Å². The van der Waals surface area contributed by atoms with Gasteiger partial charge in [0.1, 0.15) is 0 Å². The van der Waals surface area contributed by atoms with Gasteiger partial charge in [-0.2, -0.15) is 4.98 Å². The van der Waals surface area contributed by atoms with Crippen molar-refractivity contribution in [3.63, 3.8) is 0 Å². The largest absolute Gasteiger partial charge is 0.344 e. The van der Waals surface area contributed by atoms with E-state index in [0.29, 0.717) is 24.1 Å². The molecule has 0 saturated heterocycles. The van der Waals surface area contributed by atoms with Gasteiger partial charge in [-0.25, -0.2) is 0 Å². The Bertz CT molecular complexity index is 461. The molecule has 3 N–H and O–H groups in total. The minimum Gasteiger partial charge on any atom is -0.344 e. The molecule has 6 nitrogen and oxygen atoms in total. The fourth-order valence-corrected chi connectivity index (χ4v) is 2.57. The summed E-state index contributed by atoms with van der Waals surface area (Å²) in [7, 11) is 0. The Balaban J connectivity index is 0.00000200. The van der Waals surface area contributed by atoms with E-state index in [9.17, 15) is 4.79 Å². The van der Waals surface area contributed by atoms with Crippen LogP contribution in [0.5, 0.6) is 0 Å². The van der Waals surface area contributed by atoms with Crippen LogP contribution in [0.15, 0.2) is 4.52 Å². The van der Waals surface area contributed by atoms with Gasteiger partial charge in [0.2, 0.25) is 11.8 Å². The molecule has 114 valence electrons.